The SMILES string of the molecule is O=C1Nc2ccccc2C12Oc1ccc(Cl)cc1C1CC(c3ccccc3)=NN12. The molecule has 3 aliphatic rings. The van der Waals surface area contributed by atoms with Crippen LogP contribution in [0.15, 0.2) is 77.9 Å². The third-order valence-electron chi connectivity index (χ3n) is 5.78. The smallest absolute Gasteiger partial charge is 0.306 e. The summed E-state index contributed by atoms with van der Waals surface area (Å²) in [6.07, 6.45) is 0.665. The lowest BCUT2D eigenvalue weighted by atomic mass is 9.92. The number of amides is 1. The van der Waals surface area contributed by atoms with Crippen LogP contribution in [-0.2, 0) is 10.5 Å². The molecule has 6 rings (SSSR count). The second-order valence-electron chi connectivity index (χ2n) is 7.41. The molecule has 29 heavy (non-hydrogen) atoms. The number of carbonyl (C=O) groups is 1. The second-order valence-corrected chi connectivity index (χ2v) is 7.84. The molecule has 1 N–H and O–H groups in total. The standard InChI is InChI=1S/C23H16ClN3O2/c24-15-10-11-21-16(12-15)20-13-19(14-6-2-1-3-7-14)26-27(20)23(29-21)17-8-4-5-9-18(17)25-22(23)28/h1-12,20H,13H2,(H,25,28). The van der Waals surface area contributed by atoms with Gasteiger partial charge in [-0.2, -0.15) is 5.10 Å². The van der Waals surface area contributed by atoms with Gasteiger partial charge in [-0.1, -0.05) is 60.1 Å². The lowest BCUT2D eigenvalue weighted by Gasteiger charge is -2.44. The number of fused-ring (bicyclic) bond motifs is 6. The molecule has 2 unspecified atom stereocenters. The molecule has 1 spiro atoms. The number of nitrogens with one attached hydrogen (secondary N) is 1. The number of para-hydroxylation sites is 1. The van der Waals surface area contributed by atoms with E-state index in [-0.39, 0.29) is 11.9 Å². The van der Waals surface area contributed by atoms with Crippen molar-refractivity contribution < 1.29 is 9.53 Å². The first-order chi connectivity index (χ1) is 14.2. The molecule has 2 atom stereocenters. The maximum atomic E-state index is 13.3. The van der Waals surface area contributed by atoms with E-state index in [1.54, 1.807) is 6.07 Å². The van der Waals surface area contributed by atoms with E-state index in [2.05, 4.69) is 5.32 Å². The van der Waals surface area contributed by atoms with Crippen LogP contribution in [0, 0.1) is 0 Å². The normalized spacial score (nSPS) is 23.8. The van der Waals surface area contributed by atoms with Gasteiger partial charge in [-0.15, -0.1) is 0 Å². The highest BCUT2D eigenvalue weighted by atomic mass is 35.5. The molecule has 3 aliphatic heterocycles. The number of halogens is 1. The van der Waals surface area contributed by atoms with Crippen LogP contribution in [-0.4, -0.2) is 16.6 Å². The Morgan fingerprint density at radius 3 is 2.72 bits per heavy atom. The third kappa shape index (κ3) is 2.22. The molecule has 0 aromatic heterocycles. The van der Waals surface area contributed by atoms with Gasteiger partial charge in [-0.3, -0.25) is 4.79 Å². The van der Waals surface area contributed by atoms with Crippen molar-refractivity contribution in [3.63, 3.8) is 0 Å². The number of rotatable bonds is 1. The zero-order valence-electron chi connectivity index (χ0n) is 15.3. The number of carbonyl (C=O) groups excluding carboxylic acids is 1. The third-order valence-corrected chi connectivity index (χ3v) is 6.01. The minimum atomic E-state index is -1.33. The summed E-state index contributed by atoms with van der Waals surface area (Å²) in [7, 11) is 0. The Hall–Kier alpha value is -3.31. The van der Waals surface area contributed by atoms with E-state index in [4.69, 9.17) is 21.4 Å². The first-order valence-corrected chi connectivity index (χ1v) is 9.86. The summed E-state index contributed by atoms with van der Waals surface area (Å²) in [6.45, 7) is 0. The molecule has 142 valence electrons. The van der Waals surface area contributed by atoms with Crippen molar-refractivity contribution in [2.24, 2.45) is 5.10 Å². The van der Waals surface area contributed by atoms with Crippen molar-refractivity contribution in [3.8, 4) is 5.75 Å². The van der Waals surface area contributed by atoms with Crippen LogP contribution in [0.1, 0.15) is 29.2 Å². The number of benzene rings is 3. The van der Waals surface area contributed by atoms with Gasteiger partial charge in [0.1, 0.15) is 5.75 Å². The molecule has 3 aromatic rings. The molecular formula is C23H16ClN3O2. The molecule has 0 fully saturated rings. The van der Waals surface area contributed by atoms with E-state index in [1.807, 2.05) is 71.7 Å². The fourth-order valence-corrected chi connectivity index (χ4v) is 4.65. The number of ether oxygens (including phenoxy) is 1. The van der Waals surface area contributed by atoms with Crippen LogP contribution in [0.5, 0.6) is 5.75 Å². The highest BCUT2D eigenvalue weighted by Gasteiger charge is 2.60. The summed E-state index contributed by atoms with van der Waals surface area (Å²) in [5.74, 6) is 0.425. The monoisotopic (exact) mass is 401 g/mol. The average molecular weight is 402 g/mol. The Labute approximate surface area is 172 Å². The van der Waals surface area contributed by atoms with Gasteiger partial charge in [-0.25, -0.2) is 5.01 Å². The van der Waals surface area contributed by atoms with Crippen molar-refractivity contribution in [3.05, 3.63) is 94.5 Å². The first kappa shape index (κ1) is 16.6. The fourth-order valence-electron chi connectivity index (χ4n) is 4.47. The lowest BCUT2D eigenvalue weighted by Crippen LogP contribution is -2.55. The highest BCUT2D eigenvalue weighted by molar-refractivity contribution is 6.30. The molecule has 5 nitrogen and oxygen atoms in total. The minimum Gasteiger partial charge on any atom is -0.453 e. The molecule has 3 aromatic carbocycles. The minimum absolute atomic E-state index is 0.149. The van der Waals surface area contributed by atoms with Gasteiger partial charge in [0, 0.05) is 17.0 Å². The Balaban J connectivity index is 1.59. The van der Waals surface area contributed by atoms with E-state index in [0.717, 1.165) is 28.1 Å². The van der Waals surface area contributed by atoms with E-state index in [0.29, 0.717) is 17.2 Å². The summed E-state index contributed by atoms with van der Waals surface area (Å²) in [5, 5.41) is 10.3. The van der Waals surface area contributed by atoms with Crippen molar-refractivity contribution in [1.29, 1.82) is 0 Å². The van der Waals surface area contributed by atoms with Crippen LogP contribution in [0.2, 0.25) is 5.02 Å². The van der Waals surface area contributed by atoms with Crippen molar-refractivity contribution in [1.82, 2.24) is 5.01 Å². The van der Waals surface area contributed by atoms with E-state index >= 15 is 0 Å². The summed E-state index contributed by atoms with van der Waals surface area (Å²) < 4.78 is 6.42. The van der Waals surface area contributed by atoms with E-state index < -0.39 is 5.72 Å². The Bertz CT molecular complexity index is 1190. The molecule has 0 bridgehead atoms. The maximum absolute atomic E-state index is 13.3. The topological polar surface area (TPSA) is 53.9 Å². The highest BCUT2D eigenvalue weighted by Crippen LogP contribution is 2.54. The van der Waals surface area contributed by atoms with Crippen LogP contribution in [0.25, 0.3) is 0 Å². The number of anilines is 1. The van der Waals surface area contributed by atoms with Gasteiger partial charge in [-0.05, 0) is 29.8 Å². The summed E-state index contributed by atoms with van der Waals surface area (Å²) in [4.78, 5) is 13.3. The summed E-state index contributed by atoms with van der Waals surface area (Å²) in [5.41, 5.74) is 3.08. The number of hydrogen-bond donors (Lipinski definition) is 1. The van der Waals surface area contributed by atoms with Crippen molar-refractivity contribution in [2.45, 2.75) is 18.2 Å². The molecule has 0 aliphatic carbocycles. The van der Waals surface area contributed by atoms with Gasteiger partial charge in [0.15, 0.2) is 0 Å². The summed E-state index contributed by atoms with van der Waals surface area (Å²) >= 11 is 6.29. The van der Waals surface area contributed by atoms with Crippen LogP contribution >= 0.6 is 11.6 Å². The predicted molar refractivity (Wildman–Crippen MR) is 111 cm³/mol. The molecule has 0 saturated carbocycles. The van der Waals surface area contributed by atoms with Gasteiger partial charge in [0.05, 0.1) is 23.0 Å². The van der Waals surface area contributed by atoms with Gasteiger partial charge >= 0.3 is 5.72 Å². The molecule has 1 amide bonds. The largest absolute Gasteiger partial charge is 0.453 e. The first-order valence-electron chi connectivity index (χ1n) is 9.48. The molecule has 0 radical (unpaired) electrons. The molecule has 6 heteroatoms. The fraction of sp³-hybridized carbons (Fsp3) is 0.130. The predicted octanol–water partition coefficient (Wildman–Crippen LogP) is 4.69. The van der Waals surface area contributed by atoms with E-state index in [9.17, 15) is 4.79 Å². The summed E-state index contributed by atoms with van der Waals surface area (Å²) in [6, 6.07) is 23.0. The van der Waals surface area contributed by atoms with Crippen LogP contribution in [0.4, 0.5) is 5.69 Å². The Kier molecular flexibility index (Phi) is 3.35. The zero-order valence-corrected chi connectivity index (χ0v) is 16.1. The van der Waals surface area contributed by atoms with Gasteiger partial charge in [0.25, 0.3) is 5.91 Å². The van der Waals surface area contributed by atoms with Crippen LogP contribution < -0.4 is 10.1 Å². The maximum Gasteiger partial charge on any atom is 0.306 e. The second kappa shape index (κ2) is 5.84. The van der Waals surface area contributed by atoms with Gasteiger partial charge < -0.3 is 10.1 Å². The average Bonchev–Trinajstić information content (AvgIpc) is 3.31. The van der Waals surface area contributed by atoms with Crippen LogP contribution in [0.3, 0.4) is 0 Å². The molecular weight excluding hydrogens is 386 g/mol. The Morgan fingerprint density at radius 1 is 1.07 bits per heavy atom. The zero-order chi connectivity index (χ0) is 19.6. The molecule has 3 heterocycles. The van der Waals surface area contributed by atoms with Crippen molar-refractivity contribution >= 4 is 28.9 Å². The number of hydrazone groups is 1. The quantitative estimate of drug-likeness (QED) is 0.643. The number of nitrogens with zero attached hydrogens (tertiary/aromatic N) is 2. The van der Waals surface area contributed by atoms with E-state index in [1.165, 1.54) is 0 Å². The van der Waals surface area contributed by atoms with Gasteiger partial charge in [0.2, 0.25) is 0 Å². The van der Waals surface area contributed by atoms with Crippen molar-refractivity contribution in [2.75, 3.05) is 5.32 Å². The number of hydrogen-bond acceptors (Lipinski definition) is 4. The molecule has 0 saturated heterocycles. The Morgan fingerprint density at radius 2 is 1.86 bits per heavy atom. The lowest BCUT2D eigenvalue weighted by molar-refractivity contribution is -0.161.